The van der Waals surface area contributed by atoms with E-state index in [0.717, 1.165) is 55.8 Å². The van der Waals surface area contributed by atoms with E-state index in [1.807, 2.05) is 24.4 Å². The second-order valence-corrected chi connectivity index (χ2v) is 10.8. The number of imidazole rings is 1. The number of nitrogens with zero attached hydrogens (tertiary/aromatic N) is 4. The summed E-state index contributed by atoms with van der Waals surface area (Å²) in [4.78, 5) is 10.8. The average molecular weight is 726 g/mol. The van der Waals surface area contributed by atoms with Crippen LogP contribution < -0.4 is 0 Å². The molecule has 0 bridgehead atoms. The first-order valence-electron chi connectivity index (χ1n) is 13.1. The van der Waals surface area contributed by atoms with Crippen LogP contribution in [0.25, 0.3) is 71.6 Å². The summed E-state index contributed by atoms with van der Waals surface area (Å²) in [5.74, 6) is 0.892. The topological polar surface area (TPSA) is 35.6 Å². The van der Waals surface area contributed by atoms with Crippen LogP contribution in [0, 0.1) is 12.1 Å². The minimum Gasteiger partial charge on any atom is -0.367 e. The molecule has 0 aliphatic carbocycles. The van der Waals surface area contributed by atoms with Crippen molar-refractivity contribution in [2.24, 2.45) is 7.05 Å². The van der Waals surface area contributed by atoms with Crippen LogP contribution in [0.2, 0.25) is 0 Å². The fourth-order valence-electron chi connectivity index (χ4n) is 5.56. The van der Waals surface area contributed by atoms with Gasteiger partial charge in [-0.3, -0.25) is 4.98 Å². The third kappa shape index (κ3) is 4.24. The van der Waals surface area contributed by atoms with Crippen LogP contribution in [0.15, 0.2) is 115 Å². The monoisotopic (exact) mass is 725 g/mol. The van der Waals surface area contributed by atoms with Crippen LogP contribution in [-0.2, 0) is 28.1 Å². The van der Waals surface area contributed by atoms with Crippen molar-refractivity contribution in [2.75, 3.05) is 0 Å². The molecule has 0 fully saturated rings. The predicted molar refractivity (Wildman–Crippen MR) is 165 cm³/mol. The van der Waals surface area contributed by atoms with Gasteiger partial charge in [0.2, 0.25) is 0 Å². The largest absolute Gasteiger partial charge is 2.00 e. The van der Waals surface area contributed by atoms with Gasteiger partial charge in [0.25, 0.3) is 0 Å². The Hall–Kier alpha value is -4.31. The second kappa shape index (κ2) is 10.3. The quantitative estimate of drug-likeness (QED) is 0.170. The molecule has 0 aliphatic heterocycles. The van der Waals surface area contributed by atoms with Crippen LogP contribution in [0.4, 0.5) is 0 Å². The van der Waals surface area contributed by atoms with Gasteiger partial charge in [0, 0.05) is 23.6 Å². The summed E-state index contributed by atoms with van der Waals surface area (Å²) in [7, 11) is 2.08. The molecule has 4 heterocycles. The summed E-state index contributed by atoms with van der Waals surface area (Å²) in [5, 5.41) is 4.44. The molecule has 0 saturated heterocycles. The maximum Gasteiger partial charge on any atom is 2.00 e. The van der Waals surface area contributed by atoms with Gasteiger partial charge in [-0.05, 0) is 63.6 Å². The predicted octanol–water partition coefficient (Wildman–Crippen LogP) is 8.73. The summed E-state index contributed by atoms with van der Waals surface area (Å²) < 4.78 is 4.42. The minimum atomic E-state index is 0. The van der Waals surface area contributed by atoms with Crippen molar-refractivity contribution in [3.63, 3.8) is 0 Å². The Morgan fingerprint density at radius 2 is 1.63 bits per heavy atom. The number of para-hydroxylation sites is 1. The number of hydrogen-bond donors (Lipinski definition) is 0. The van der Waals surface area contributed by atoms with Gasteiger partial charge in [0.15, 0.2) is 0 Å². The third-order valence-electron chi connectivity index (χ3n) is 7.47. The average Bonchev–Trinajstić information content (AvgIpc) is 3.74. The Balaban J connectivity index is 0.00000276. The van der Waals surface area contributed by atoms with Crippen molar-refractivity contribution in [2.45, 2.75) is 0 Å². The zero-order chi connectivity index (χ0) is 26.6. The molecule has 8 aromatic rings. The van der Waals surface area contributed by atoms with Crippen LogP contribution >= 0.6 is 11.3 Å². The van der Waals surface area contributed by atoms with E-state index in [9.17, 15) is 0 Å². The van der Waals surface area contributed by atoms with Gasteiger partial charge in [0.1, 0.15) is 0 Å². The van der Waals surface area contributed by atoms with E-state index in [0.29, 0.717) is 0 Å². The van der Waals surface area contributed by atoms with Crippen molar-refractivity contribution in [3.05, 3.63) is 127 Å². The molecule has 4 aromatic carbocycles. The normalized spacial score (nSPS) is 11.3. The summed E-state index contributed by atoms with van der Waals surface area (Å²) in [6.45, 7) is 0. The first-order chi connectivity index (χ1) is 19.7. The van der Waals surface area contributed by atoms with Gasteiger partial charge in [-0.15, -0.1) is 64.9 Å². The summed E-state index contributed by atoms with van der Waals surface area (Å²) >= 11 is 1.75. The van der Waals surface area contributed by atoms with Crippen LogP contribution in [0.3, 0.4) is 0 Å². The zero-order valence-electron chi connectivity index (χ0n) is 22.0. The van der Waals surface area contributed by atoms with Crippen LogP contribution in [0.5, 0.6) is 0 Å². The molecule has 0 N–H and O–H groups in total. The molecule has 198 valence electrons. The van der Waals surface area contributed by atoms with E-state index in [-0.39, 0.29) is 21.1 Å². The molecular formula is C35H22N4PtS. The Labute approximate surface area is 255 Å². The molecule has 8 rings (SSSR count). The van der Waals surface area contributed by atoms with Crippen LogP contribution in [0.1, 0.15) is 0 Å². The first-order valence-corrected chi connectivity index (χ1v) is 14.0. The van der Waals surface area contributed by atoms with Gasteiger partial charge < -0.3 is 14.1 Å². The molecule has 0 amide bonds. The van der Waals surface area contributed by atoms with Gasteiger partial charge in [-0.2, -0.15) is 0 Å². The van der Waals surface area contributed by atoms with Crippen molar-refractivity contribution < 1.29 is 21.1 Å². The number of hydrogen-bond acceptors (Lipinski definition) is 3. The van der Waals surface area contributed by atoms with Gasteiger partial charge >= 0.3 is 21.1 Å². The number of thiophene rings is 1. The molecule has 0 atom stereocenters. The molecule has 0 unspecified atom stereocenters. The Morgan fingerprint density at radius 3 is 2.49 bits per heavy atom. The minimum absolute atomic E-state index is 0. The summed E-state index contributed by atoms with van der Waals surface area (Å²) in [5.41, 5.74) is 9.16. The molecule has 0 aliphatic rings. The molecular weight excluding hydrogens is 704 g/mol. The van der Waals surface area contributed by atoms with Crippen molar-refractivity contribution in [1.29, 1.82) is 0 Å². The third-order valence-corrected chi connectivity index (χ3v) is 8.39. The van der Waals surface area contributed by atoms with Gasteiger partial charge in [0.05, 0.1) is 16.9 Å². The first kappa shape index (κ1) is 25.6. The van der Waals surface area contributed by atoms with Gasteiger partial charge in [-0.25, -0.2) is 0 Å². The Kier molecular flexibility index (Phi) is 6.42. The number of fused-ring (bicyclic) bond motifs is 4. The number of rotatable bonds is 4. The molecule has 4 nitrogen and oxygen atoms in total. The molecule has 6 heteroatoms. The Morgan fingerprint density at radius 1 is 0.732 bits per heavy atom. The fraction of sp³-hybridized carbons (Fsp3) is 0.0286. The number of aryl methyl sites for hydroxylation is 1. The molecule has 0 saturated carbocycles. The molecule has 0 radical (unpaired) electrons. The number of aromatic nitrogens is 4. The smallest absolute Gasteiger partial charge is 0.367 e. The van der Waals surface area contributed by atoms with Crippen molar-refractivity contribution in [1.82, 2.24) is 19.1 Å². The summed E-state index contributed by atoms with van der Waals surface area (Å²) in [6.07, 6.45) is 1.82. The van der Waals surface area contributed by atoms with Crippen molar-refractivity contribution in [3.8, 4) is 38.8 Å². The van der Waals surface area contributed by atoms with E-state index >= 15 is 0 Å². The van der Waals surface area contributed by atoms with Gasteiger partial charge in [-0.1, -0.05) is 47.9 Å². The van der Waals surface area contributed by atoms with E-state index in [2.05, 4.69) is 124 Å². The molecule has 4 aromatic heterocycles. The zero-order valence-corrected chi connectivity index (χ0v) is 25.1. The van der Waals surface area contributed by atoms with E-state index in [1.165, 1.54) is 15.8 Å². The molecule has 0 spiro atoms. The van der Waals surface area contributed by atoms with E-state index in [1.54, 1.807) is 11.3 Å². The maximum atomic E-state index is 5.03. The Bertz CT molecular complexity index is 2180. The second-order valence-electron chi connectivity index (χ2n) is 9.83. The maximum absolute atomic E-state index is 5.03. The van der Waals surface area contributed by atoms with E-state index < -0.39 is 0 Å². The fourth-order valence-corrected chi connectivity index (χ4v) is 6.28. The van der Waals surface area contributed by atoms with Crippen LogP contribution in [-0.4, -0.2) is 19.1 Å². The van der Waals surface area contributed by atoms with Crippen molar-refractivity contribution >= 4 is 44.2 Å². The summed E-state index contributed by atoms with van der Waals surface area (Å²) in [6, 6.07) is 43.1. The SMILES string of the molecule is Cn1c(-c2[c-]c3c(cc2)c2ccccc2n3-c2[c-]c(-c3ccccn3)ccc2)nc2ccc(-c3cccs3)cc21.[Pt+2]. The standard InChI is InChI=1S/C35H22N4S.Pt/c1-38-33-21-24(34-13-7-19-40-34)15-17-30(33)37-35(38)25-14-16-28-27-10-2-3-12-31(27)39(32(28)22-25)26-9-6-8-23(20-26)29-11-4-5-18-36-29;/h2-19,21H,1H3;/q-2;+2. The number of pyridine rings is 1. The molecule has 41 heavy (non-hydrogen) atoms. The number of benzene rings is 4. The van der Waals surface area contributed by atoms with E-state index in [4.69, 9.17) is 4.98 Å².